The zero-order valence-electron chi connectivity index (χ0n) is 47.1. The molecule has 1 atom stereocenters. The van der Waals surface area contributed by atoms with E-state index in [2.05, 4.69) is 57.2 Å². The van der Waals surface area contributed by atoms with E-state index < -0.39 is 6.10 Å². The van der Waals surface area contributed by atoms with Gasteiger partial charge < -0.3 is 14.2 Å². The average Bonchev–Trinajstić information content (AvgIpc) is 3.36. The van der Waals surface area contributed by atoms with Crippen LogP contribution < -0.4 is 0 Å². The third-order valence-corrected chi connectivity index (χ3v) is 13.9. The van der Waals surface area contributed by atoms with Crippen LogP contribution in [0.4, 0.5) is 0 Å². The Morgan fingerprint density at radius 1 is 0.286 bits per heavy atom. The zero-order valence-corrected chi connectivity index (χ0v) is 47.1. The van der Waals surface area contributed by atoms with Gasteiger partial charge in [0.2, 0.25) is 0 Å². The first-order chi connectivity index (χ1) is 34.5. The van der Waals surface area contributed by atoms with Crippen molar-refractivity contribution in [3.05, 3.63) is 36.5 Å². The molecular weight excluding hydrogens is 865 g/mol. The molecule has 0 bridgehead atoms. The Morgan fingerprint density at radius 2 is 0.514 bits per heavy atom. The number of hydrogen-bond donors (Lipinski definition) is 0. The third-order valence-electron chi connectivity index (χ3n) is 13.9. The van der Waals surface area contributed by atoms with Crippen molar-refractivity contribution in [3.8, 4) is 0 Å². The van der Waals surface area contributed by atoms with Crippen LogP contribution >= 0.6 is 0 Å². The summed E-state index contributed by atoms with van der Waals surface area (Å²) >= 11 is 0. The molecule has 1 unspecified atom stereocenters. The molecule has 0 fully saturated rings. The average molecular weight is 984 g/mol. The highest BCUT2D eigenvalue weighted by atomic mass is 16.6. The molecule has 6 nitrogen and oxygen atoms in total. The molecular formula is C64H118O6. The predicted molar refractivity (Wildman–Crippen MR) is 302 cm³/mol. The van der Waals surface area contributed by atoms with Gasteiger partial charge in [-0.1, -0.05) is 276 Å². The lowest BCUT2D eigenvalue weighted by atomic mass is 10.0. The van der Waals surface area contributed by atoms with Crippen molar-refractivity contribution in [2.24, 2.45) is 0 Å². The number of unbranched alkanes of at least 4 members (excludes halogenated alkanes) is 40. The second kappa shape index (κ2) is 59.2. The molecule has 0 rings (SSSR count). The van der Waals surface area contributed by atoms with Crippen LogP contribution in [0.3, 0.4) is 0 Å². The second-order valence-corrected chi connectivity index (χ2v) is 21.0. The molecule has 0 radical (unpaired) electrons. The first-order valence-electron chi connectivity index (χ1n) is 31.0. The number of carbonyl (C=O) groups excluding carboxylic acids is 3. The van der Waals surface area contributed by atoms with Crippen molar-refractivity contribution in [1.82, 2.24) is 0 Å². The molecule has 0 aromatic rings. The Morgan fingerprint density at radius 3 is 0.829 bits per heavy atom. The molecule has 0 heterocycles. The van der Waals surface area contributed by atoms with E-state index in [4.69, 9.17) is 14.2 Å². The molecule has 0 N–H and O–H groups in total. The highest BCUT2D eigenvalue weighted by molar-refractivity contribution is 5.71. The summed E-state index contributed by atoms with van der Waals surface area (Å²) in [5.41, 5.74) is 0. The molecule has 0 amide bonds. The molecule has 70 heavy (non-hydrogen) atoms. The van der Waals surface area contributed by atoms with Gasteiger partial charge in [-0.15, -0.1) is 0 Å². The van der Waals surface area contributed by atoms with Crippen LogP contribution in [-0.4, -0.2) is 37.2 Å². The van der Waals surface area contributed by atoms with E-state index >= 15 is 0 Å². The van der Waals surface area contributed by atoms with E-state index in [0.29, 0.717) is 19.3 Å². The smallest absolute Gasteiger partial charge is 0.306 e. The summed E-state index contributed by atoms with van der Waals surface area (Å²) in [5.74, 6) is -0.862. The number of rotatable bonds is 57. The van der Waals surface area contributed by atoms with Crippen LogP contribution in [0.2, 0.25) is 0 Å². The molecule has 0 saturated heterocycles. The fourth-order valence-electron chi connectivity index (χ4n) is 9.18. The SMILES string of the molecule is CCCCC/C=C\CCCCCCCC(=O)OCC(COC(=O)CCCCCCCCCCCCC/C=C\C/C=C\CCCCCCC)OC(=O)CCCCCCCCCCCCCCCCCCC. The summed E-state index contributed by atoms with van der Waals surface area (Å²) in [5, 5.41) is 0. The van der Waals surface area contributed by atoms with Crippen LogP contribution in [0.25, 0.3) is 0 Å². The standard InChI is InChI=1S/C64H118O6/c1-4-7-10-13-16-19-22-25-27-29-30-31-32-33-34-36-37-39-42-45-48-51-54-57-63(66)69-60-61(59-68-62(65)56-53-50-47-44-41-24-21-18-15-12-9-6-3)70-64(67)58-55-52-49-46-43-40-38-35-28-26-23-20-17-14-11-8-5-2/h18,21-22,25,29-30,61H,4-17,19-20,23-24,26-28,31-60H2,1-3H3/b21-18-,25-22-,30-29-. The topological polar surface area (TPSA) is 78.9 Å². The first kappa shape index (κ1) is 67.6. The largest absolute Gasteiger partial charge is 0.462 e. The molecule has 0 aliphatic heterocycles. The number of carbonyl (C=O) groups is 3. The van der Waals surface area contributed by atoms with Crippen molar-refractivity contribution >= 4 is 17.9 Å². The maximum Gasteiger partial charge on any atom is 0.306 e. The number of allylic oxidation sites excluding steroid dienone is 6. The van der Waals surface area contributed by atoms with Crippen LogP contribution in [0, 0.1) is 0 Å². The van der Waals surface area contributed by atoms with E-state index in [1.165, 1.54) is 225 Å². The molecule has 0 aliphatic rings. The fraction of sp³-hybridized carbons (Fsp3) is 0.859. The van der Waals surface area contributed by atoms with Gasteiger partial charge in [-0.2, -0.15) is 0 Å². The van der Waals surface area contributed by atoms with E-state index in [-0.39, 0.29) is 31.1 Å². The lowest BCUT2D eigenvalue weighted by Crippen LogP contribution is -2.30. The Hall–Kier alpha value is -2.37. The maximum atomic E-state index is 12.9. The minimum Gasteiger partial charge on any atom is -0.462 e. The second-order valence-electron chi connectivity index (χ2n) is 21.0. The van der Waals surface area contributed by atoms with Crippen LogP contribution in [0.15, 0.2) is 36.5 Å². The van der Waals surface area contributed by atoms with Crippen LogP contribution in [0.1, 0.15) is 335 Å². The molecule has 0 saturated carbocycles. The zero-order chi connectivity index (χ0) is 50.7. The monoisotopic (exact) mass is 983 g/mol. The molecule has 0 aromatic carbocycles. The Kier molecular flexibility index (Phi) is 57.2. The maximum absolute atomic E-state index is 12.9. The minimum atomic E-state index is -0.773. The molecule has 0 spiro atoms. The summed E-state index contributed by atoms with van der Waals surface area (Å²) in [7, 11) is 0. The van der Waals surface area contributed by atoms with Crippen molar-refractivity contribution in [3.63, 3.8) is 0 Å². The molecule has 0 aromatic heterocycles. The summed E-state index contributed by atoms with van der Waals surface area (Å²) < 4.78 is 16.9. The summed E-state index contributed by atoms with van der Waals surface area (Å²) in [6.07, 6.45) is 71.4. The van der Waals surface area contributed by atoms with Gasteiger partial charge in [0.25, 0.3) is 0 Å². The number of ether oxygens (including phenoxy) is 3. The molecule has 410 valence electrons. The minimum absolute atomic E-state index is 0.0718. The van der Waals surface area contributed by atoms with Gasteiger partial charge in [-0.05, 0) is 77.0 Å². The van der Waals surface area contributed by atoms with Crippen molar-refractivity contribution < 1.29 is 28.6 Å². The number of esters is 3. The van der Waals surface area contributed by atoms with E-state index in [9.17, 15) is 14.4 Å². The van der Waals surface area contributed by atoms with Gasteiger partial charge in [0.1, 0.15) is 13.2 Å². The van der Waals surface area contributed by atoms with E-state index in [1.54, 1.807) is 0 Å². The fourth-order valence-corrected chi connectivity index (χ4v) is 9.18. The lowest BCUT2D eigenvalue weighted by molar-refractivity contribution is -0.167. The lowest BCUT2D eigenvalue weighted by Gasteiger charge is -2.18. The van der Waals surface area contributed by atoms with Gasteiger partial charge >= 0.3 is 17.9 Å². The van der Waals surface area contributed by atoms with Crippen molar-refractivity contribution in [2.75, 3.05) is 13.2 Å². The summed E-state index contributed by atoms with van der Waals surface area (Å²) in [6, 6.07) is 0. The molecule has 6 heteroatoms. The van der Waals surface area contributed by atoms with Crippen LogP contribution in [0.5, 0.6) is 0 Å². The Labute approximate surface area is 435 Å². The van der Waals surface area contributed by atoms with Gasteiger partial charge in [-0.3, -0.25) is 14.4 Å². The first-order valence-corrected chi connectivity index (χ1v) is 31.0. The van der Waals surface area contributed by atoms with Gasteiger partial charge in [0.15, 0.2) is 6.10 Å². The Bertz CT molecular complexity index is 1170. The quantitative estimate of drug-likeness (QED) is 0.0261. The van der Waals surface area contributed by atoms with Crippen molar-refractivity contribution in [2.45, 2.75) is 341 Å². The normalized spacial score (nSPS) is 12.2. The summed E-state index contributed by atoms with van der Waals surface area (Å²) in [6.45, 7) is 6.65. The van der Waals surface area contributed by atoms with E-state index in [1.807, 2.05) is 0 Å². The van der Waals surface area contributed by atoms with Crippen LogP contribution in [-0.2, 0) is 28.6 Å². The van der Waals surface area contributed by atoms with Gasteiger partial charge in [0, 0.05) is 19.3 Å². The third kappa shape index (κ3) is 56.5. The van der Waals surface area contributed by atoms with Crippen molar-refractivity contribution in [1.29, 1.82) is 0 Å². The highest BCUT2D eigenvalue weighted by Gasteiger charge is 2.19. The molecule has 0 aliphatic carbocycles. The number of hydrogen-bond acceptors (Lipinski definition) is 6. The summed E-state index contributed by atoms with van der Waals surface area (Å²) in [4.78, 5) is 38.2. The van der Waals surface area contributed by atoms with Gasteiger partial charge in [-0.25, -0.2) is 0 Å². The van der Waals surface area contributed by atoms with E-state index in [0.717, 1.165) is 70.6 Å². The van der Waals surface area contributed by atoms with Gasteiger partial charge in [0.05, 0.1) is 0 Å². The highest BCUT2D eigenvalue weighted by Crippen LogP contribution is 2.17. The predicted octanol–water partition coefficient (Wildman–Crippen LogP) is 20.8. The Balaban J connectivity index is 4.26.